The van der Waals surface area contributed by atoms with Crippen LogP contribution in [0.25, 0.3) is 0 Å². The van der Waals surface area contributed by atoms with Crippen molar-refractivity contribution in [1.29, 1.82) is 0 Å². The third kappa shape index (κ3) is 4.71. The highest BCUT2D eigenvalue weighted by atomic mass is 35.5. The highest BCUT2D eigenvalue weighted by Gasteiger charge is 2.12. The summed E-state index contributed by atoms with van der Waals surface area (Å²) < 4.78 is 4.91. The summed E-state index contributed by atoms with van der Waals surface area (Å²) in [6, 6.07) is 3.78. The van der Waals surface area contributed by atoms with Gasteiger partial charge in [0.25, 0.3) is 0 Å². The van der Waals surface area contributed by atoms with Crippen LogP contribution in [0, 0.1) is 0 Å². The summed E-state index contributed by atoms with van der Waals surface area (Å²) in [6.45, 7) is 1.09. The van der Waals surface area contributed by atoms with Gasteiger partial charge in [-0.3, -0.25) is 0 Å². The molecule has 0 saturated carbocycles. The number of aromatic carboxylic acids is 1. The average molecular weight is 301 g/mol. The first-order chi connectivity index (χ1) is 9.45. The molecule has 110 valence electrons. The Morgan fingerprint density at radius 1 is 1.45 bits per heavy atom. The van der Waals surface area contributed by atoms with Gasteiger partial charge in [-0.15, -0.1) is 0 Å². The third-order valence-corrected chi connectivity index (χ3v) is 2.97. The van der Waals surface area contributed by atoms with E-state index in [0.29, 0.717) is 19.6 Å². The van der Waals surface area contributed by atoms with Crippen LogP contribution in [0.2, 0.25) is 5.02 Å². The molecular weight excluding hydrogens is 284 g/mol. The van der Waals surface area contributed by atoms with E-state index in [4.69, 9.17) is 21.4 Å². The van der Waals surface area contributed by atoms with E-state index in [9.17, 15) is 9.59 Å². The third-order valence-electron chi connectivity index (χ3n) is 2.64. The van der Waals surface area contributed by atoms with Gasteiger partial charge in [-0.25, -0.2) is 9.59 Å². The number of nitrogens with one attached hydrogen (secondary N) is 1. The summed E-state index contributed by atoms with van der Waals surface area (Å²) in [7, 11) is 3.23. The zero-order valence-electron chi connectivity index (χ0n) is 11.4. The van der Waals surface area contributed by atoms with Gasteiger partial charge < -0.3 is 20.1 Å². The molecule has 0 bridgehead atoms. The quantitative estimate of drug-likeness (QED) is 0.791. The number of methoxy groups -OCH3 is 1. The lowest BCUT2D eigenvalue weighted by Crippen LogP contribution is -2.32. The van der Waals surface area contributed by atoms with Crippen LogP contribution in [0.3, 0.4) is 0 Å². The minimum Gasteiger partial charge on any atom is -0.478 e. The number of hydrogen-bond donors (Lipinski definition) is 2. The largest absolute Gasteiger partial charge is 0.478 e. The molecule has 2 N–H and O–H groups in total. The maximum atomic E-state index is 11.9. The second kappa shape index (κ2) is 7.72. The lowest BCUT2D eigenvalue weighted by molar-refractivity contribution is 0.0697. The predicted molar refractivity (Wildman–Crippen MR) is 76.6 cm³/mol. The van der Waals surface area contributed by atoms with Crippen molar-refractivity contribution in [3.63, 3.8) is 0 Å². The number of rotatable bonds is 6. The number of ether oxygens (including phenoxy) is 1. The van der Waals surface area contributed by atoms with E-state index in [1.54, 1.807) is 14.2 Å². The lowest BCUT2D eigenvalue weighted by atomic mass is 10.2. The van der Waals surface area contributed by atoms with Crippen molar-refractivity contribution in [3.05, 3.63) is 28.8 Å². The first kappa shape index (κ1) is 16.3. The minimum atomic E-state index is -1.08. The van der Waals surface area contributed by atoms with Crippen molar-refractivity contribution < 1.29 is 19.4 Å². The molecule has 0 heterocycles. The second-order valence-corrected chi connectivity index (χ2v) is 4.61. The number of anilines is 1. The highest BCUT2D eigenvalue weighted by Crippen LogP contribution is 2.23. The zero-order chi connectivity index (χ0) is 15.1. The van der Waals surface area contributed by atoms with E-state index >= 15 is 0 Å². The average Bonchev–Trinajstić information content (AvgIpc) is 2.41. The number of carboxylic acid groups (broad SMARTS) is 1. The Bertz CT molecular complexity index is 493. The van der Waals surface area contributed by atoms with Crippen LogP contribution in [0.5, 0.6) is 0 Å². The number of nitrogens with zero attached hydrogens (tertiary/aromatic N) is 1. The molecule has 0 atom stereocenters. The SMILES string of the molecule is COCCCN(C)C(=O)Nc1cc(C(=O)O)ccc1Cl. The Kier molecular flexibility index (Phi) is 6.27. The van der Waals surface area contributed by atoms with Crippen molar-refractivity contribution in [2.45, 2.75) is 6.42 Å². The first-order valence-corrected chi connectivity index (χ1v) is 6.37. The normalized spacial score (nSPS) is 10.2. The molecule has 0 fully saturated rings. The number of hydrogen-bond acceptors (Lipinski definition) is 3. The van der Waals surface area contributed by atoms with Gasteiger partial charge in [0.15, 0.2) is 0 Å². The number of carbonyl (C=O) groups is 2. The van der Waals surface area contributed by atoms with Gasteiger partial charge in [0, 0.05) is 27.3 Å². The summed E-state index contributed by atoms with van der Waals surface area (Å²) in [5, 5.41) is 11.8. The van der Waals surface area contributed by atoms with Crippen LogP contribution in [-0.4, -0.2) is 49.3 Å². The summed E-state index contributed by atoms with van der Waals surface area (Å²) in [6.07, 6.45) is 0.712. The van der Waals surface area contributed by atoms with E-state index in [1.165, 1.54) is 23.1 Å². The van der Waals surface area contributed by atoms with Crippen LogP contribution < -0.4 is 5.32 Å². The Labute approximate surface area is 122 Å². The standard InChI is InChI=1S/C13H17ClN2O4/c1-16(6-3-7-20-2)13(19)15-11-8-9(12(17)18)4-5-10(11)14/h4-5,8H,3,6-7H2,1-2H3,(H,15,19)(H,17,18). The molecule has 0 aromatic heterocycles. The maximum Gasteiger partial charge on any atom is 0.335 e. The molecule has 1 aromatic carbocycles. The van der Waals surface area contributed by atoms with Crippen molar-refractivity contribution in [2.24, 2.45) is 0 Å². The summed E-state index contributed by atoms with van der Waals surface area (Å²) in [5.74, 6) is -1.08. The number of urea groups is 1. The number of amides is 2. The number of halogens is 1. The molecule has 0 spiro atoms. The molecule has 2 amide bonds. The van der Waals surface area contributed by atoms with Gasteiger partial charge in [0.05, 0.1) is 16.3 Å². The van der Waals surface area contributed by atoms with E-state index in [2.05, 4.69) is 5.32 Å². The van der Waals surface area contributed by atoms with Gasteiger partial charge in [-0.2, -0.15) is 0 Å². The summed E-state index contributed by atoms with van der Waals surface area (Å²) in [4.78, 5) is 24.3. The Morgan fingerprint density at radius 3 is 2.75 bits per heavy atom. The van der Waals surface area contributed by atoms with Crippen LogP contribution in [0.4, 0.5) is 10.5 Å². The molecule has 7 heteroatoms. The van der Waals surface area contributed by atoms with Gasteiger partial charge in [0.2, 0.25) is 0 Å². The molecule has 0 aliphatic rings. The Balaban J connectivity index is 2.69. The summed E-state index contributed by atoms with van der Waals surface area (Å²) in [5.41, 5.74) is 0.335. The van der Waals surface area contributed by atoms with Crippen molar-refractivity contribution in [2.75, 3.05) is 32.6 Å². The maximum absolute atomic E-state index is 11.9. The monoisotopic (exact) mass is 300 g/mol. The summed E-state index contributed by atoms with van der Waals surface area (Å²) >= 11 is 5.93. The number of carbonyl (C=O) groups excluding carboxylic acids is 1. The molecule has 1 rings (SSSR count). The number of carboxylic acids is 1. The smallest absolute Gasteiger partial charge is 0.335 e. The fourth-order valence-corrected chi connectivity index (χ4v) is 1.68. The van der Waals surface area contributed by atoms with Crippen LogP contribution in [0.15, 0.2) is 18.2 Å². The van der Waals surface area contributed by atoms with Crippen LogP contribution >= 0.6 is 11.6 Å². The number of benzene rings is 1. The molecular formula is C13H17ClN2O4. The van der Waals surface area contributed by atoms with Gasteiger partial charge in [-0.1, -0.05) is 11.6 Å². The molecule has 0 radical (unpaired) electrons. The predicted octanol–water partition coefficient (Wildman–Crippen LogP) is 2.54. The Morgan fingerprint density at radius 2 is 2.15 bits per heavy atom. The first-order valence-electron chi connectivity index (χ1n) is 5.99. The molecule has 1 aromatic rings. The van der Waals surface area contributed by atoms with E-state index in [1.807, 2.05) is 0 Å². The van der Waals surface area contributed by atoms with Crippen LogP contribution in [-0.2, 0) is 4.74 Å². The zero-order valence-corrected chi connectivity index (χ0v) is 12.1. The molecule has 0 aliphatic heterocycles. The fraction of sp³-hybridized carbons (Fsp3) is 0.385. The van der Waals surface area contributed by atoms with Crippen molar-refractivity contribution >= 4 is 29.3 Å². The second-order valence-electron chi connectivity index (χ2n) is 4.20. The van der Waals surface area contributed by atoms with E-state index in [-0.39, 0.29) is 22.3 Å². The van der Waals surface area contributed by atoms with Gasteiger partial charge >= 0.3 is 12.0 Å². The van der Waals surface area contributed by atoms with Gasteiger partial charge in [0.1, 0.15) is 0 Å². The van der Waals surface area contributed by atoms with Crippen molar-refractivity contribution in [1.82, 2.24) is 4.90 Å². The lowest BCUT2D eigenvalue weighted by Gasteiger charge is -2.18. The van der Waals surface area contributed by atoms with E-state index < -0.39 is 5.97 Å². The van der Waals surface area contributed by atoms with Crippen molar-refractivity contribution in [3.8, 4) is 0 Å². The topological polar surface area (TPSA) is 78.9 Å². The van der Waals surface area contributed by atoms with Crippen LogP contribution in [0.1, 0.15) is 16.8 Å². The molecule has 0 saturated heterocycles. The van der Waals surface area contributed by atoms with E-state index in [0.717, 1.165) is 0 Å². The highest BCUT2D eigenvalue weighted by molar-refractivity contribution is 6.33. The fourth-order valence-electron chi connectivity index (χ4n) is 1.51. The molecule has 0 unspecified atom stereocenters. The molecule has 20 heavy (non-hydrogen) atoms. The molecule has 0 aliphatic carbocycles. The van der Waals surface area contributed by atoms with Gasteiger partial charge in [-0.05, 0) is 24.6 Å². The Hall–Kier alpha value is -1.79. The molecule has 6 nitrogen and oxygen atoms in total. The minimum absolute atomic E-state index is 0.0618.